The van der Waals surface area contributed by atoms with E-state index in [1.165, 1.54) is 11.1 Å². The summed E-state index contributed by atoms with van der Waals surface area (Å²) in [5.74, 6) is 0. The van der Waals surface area contributed by atoms with Gasteiger partial charge in [-0.2, -0.15) is 0 Å². The Hall–Kier alpha value is -2.15. The number of hydrogen-bond acceptors (Lipinski definition) is 2. The molecule has 0 spiro atoms. The van der Waals surface area contributed by atoms with Gasteiger partial charge >= 0.3 is 0 Å². The van der Waals surface area contributed by atoms with E-state index in [0.717, 1.165) is 19.5 Å². The number of nitrogens with two attached hydrogens (primary N) is 1. The van der Waals surface area contributed by atoms with Crippen LogP contribution in [0, 0.1) is 6.57 Å². The van der Waals surface area contributed by atoms with Gasteiger partial charge in [-0.15, -0.1) is 0 Å². The van der Waals surface area contributed by atoms with Gasteiger partial charge in [-0.25, -0.2) is 6.57 Å². The maximum absolute atomic E-state index is 7.02. The van der Waals surface area contributed by atoms with E-state index in [9.17, 15) is 0 Å². The zero-order valence-electron chi connectivity index (χ0n) is 12.9. The van der Waals surface area contributed by atoms with E-state index in [0.29, 0.717) is 13.1 Å². The highest BCUT2D eigenvalue weighted by atomic mass is 15.2. The molecule has 1 atom stereocenters. The molecule has 2 N–H and O–H groups in total. The maximum Gasteiger partial charge on any atom is 0.216 e. The van der Waals surface area contributed by atoms with E-state index >= 15 is 0 Å². The summed E-state index contributed by atoms with van der Waals surface area (Å²) in [6.07, 6.45) is 0.819. The molecule has 2 aromatic rings. The molecule has 3 nitrogen and oxygen atoms in total. The lowest BCUT2D eigenvalue weighted by Gasteiger charge is -2.30. The van der Waals surface area contributed by atoms with Crippen LogP contribution in [-0.2, 0) is 13.1 Å². The molecule has 0 radical (unpaired) electrons. The number of rotatable bonds is 8. The van der Waals surface area contributed by atoms with Crippen molar-refractivity contribution in [1.82, 2.24) is 4.90 Å². The van der Waals surface area contributed by atoms with Crippen LogP contribution >= 0.6 is 0 Å². The molecule has 0 saturated heterocycles. The Labute approximate surface area is 133 Å². The van der Waals surface area contributed by atoms with Crippen molar-refractivity contribution in [1.29, 1.82) is 0 Å². The molecule has 114 valence electrons. The Morgan fingerprint density at radius 3 is 1.82 bits per heavy atom. The van der Waals surface area contributed by atoms with Crippen molar-refractivity contribution >= 4 is 0 Å². The quantitative estimate of drug-likeness (QED) is 0.757. The first-order chi connectivity index (χ1) is 10.8. The standard InChI is InChI=1S/C19H23N3/c1-21-13-12-19(14-20)22(15-17-8-4-2-5-9-17)16-18-10-6-3-7-11-18/h2-11,19H,12-16,20H2/t19-/m1/s1. The molecule has 0 amide bonds. The molecule has 0 unspecified atom stereocenters. The molecule has 0 fully saturated rings. The van der Waals surface area contributed by atoms with Crippen LogP contribution < -0.4 is 5.73 Å². The van der Waals surface area contributed by atoms with Crippen LogP contribution in [-0.4, -0.2) is 24.0 Å². The first-order valence-corrected chi connectivity index (χ1v) is 7.68. The second-order valence-electron chi connectivity index (χ2n) is 5.44. The van der Waals surface area contributed by atoms with E-state index in [1.807, 2.05) is 12.1 Å². The molecule has 0 aliphatic rings. The molecule has 0 aliphatic carbocycles. The smallest absolute Gasteiger partial charge is 0.216 e. The monoisotopic (exact) mass is 293 g/mol. The van der Waals surface area contributed by atoms with Gasteiger partial charge in [0.2, 0.25) is 6.54 Å². The van der Waals surface area contributed by atoms with Gasteiger partial charge in [0.15, 0.2) is 0 Å². The van der Waals surface area contributed by atoms with Gasteiger partial charge in [-0.05, 0) is 11.1 Å². The molecular formula is C19H23N3. The van der Waals surface area contributed by atoms with Crippen molar-refractivity contribution in [2.45, 2.75) is 25.6 Å². The predicted molar refractivity (Wildman–Crippen MR) is 91.1 cm³/mol. The molecule has 0 aromatic heterocycles. The molecule has 3 heteroatoms. The summed E-state index contributed by atoms with van der Waals surface area (Å²) in [4.78, 5) is 5.87. The van der Waals surface area contributed by atoms with Crippen LogP contribution in [0.2, 0.25) is 0 Å². The van der Waals surface area contributed by atoms with E-state index in [-0.39, 0.29) is 6.04 Å². The van der Waals surface area contributed by atoms with Crippen molar-refractivity contribution in [2.24, 2.45) is 5.73 Å². The van der Waals surface area contributed by atoms with Crippen LogP contribution in [0.5, 0.6) is 0 Å². The van der Waals surface area contributed by atoms with Gasteiger partial charge in [0.05, 0.1) is 0 Å². The van der Waals surface area contributed by atoms with Crippen molar-refractivity contribution in [3.63, 3.8) is 0 Å². The molecular weight excluding hydrogens is 270 g/mol. The average molecular weight is 293 g/mol. The van der Waals surface area contributed by atoms with Crippen LogP contribution in [0.4, 0.5) is 0 Å². The third-order valence-corrected chi connectivity index (χ3v) is 3.82. The molecule has 0 heterocycles. The van der Waals surface area contributed by atoms with Gasteiger partial charge in [-0.1, -0.05) is 60.7 Å². The van der Waals surface area contributed by atoms with Gasteiger partial charge in [0.25, 0.3) is 0 Å². The summed E-state index contributed by atoms with van der Waals surface area (Å²) in [6, 6.07) is 21.1. The lowest BCUT2D eigenvalue weighted by molar-refractivity contribution is 0.177. The molecule has 22 heavy (non-hydrogen) atoms. The van der Waals surface area contributed by atoms with Gasteiger partial charge < -0.3 is 10.6 Å². The lowest BCUT2D eigenvalue weighted by atomic mass is 10.1. The Morgan fingerprint density at radius 1 is 0.909 bits per heavy atom. The fourth-order valence-corrected chi connectivity index (χ4v) is 2.61. The van der Waals surface area contributed by atoms with Crippen LogP contribution in [0.25, 0.3) is 4.85 Å². The van der Waals surface area contributed by atoms with Crippen molar-refractivity contribution in [3.05, 3.63) is 83.2 Å². The second-order valence-corrected chi connectivity index (χ2v) is 5.44. The maximum atomic E-state index is 7.02. The van der Waals surface area contributed by atoms with E-state index in [4.69, 9.17) is 12.3 Å². The van der Waals surface area contributed by atoms with Crippen LogP contribution in [0.1, 0.15) is 17.5 Å². The number of hydrogen-bond donors (Lipinski definition) is 1. The molecule has 2 aromatic carbocycles. The van der Waals surface area contributed by atoms with Gasteiger partial charge in [-0.3, -0.25) is 4.90 Å². The Balaban J connectivity index is 2.13. The summed E-state index contributed by atoms with van der Waals surface area (Å²) < 4.78 is 0. The summed E-state index contributed by atoms with van der Waals surface area (Å²) in [6.45, 7) is 9.84. The first kappa shape index (κ1) is 16.2. The van der Waals surface area contributed by atoms with E-state index < -0.39 is 0 Å². The molecule has 0 bridgehead atoms. The van der Waals surface area contributed by atoms with Crippen LogP contribution in [0.15, 0.2) is 60.7 Å². The normalized spacial score (nSPS) is 12.0. The average Bonchev–Trinajstić information content (AvgIpc) is 2.57. The minimum Gasteiger partial charge on any atom is -0.329 e. The zero-order chi connectivity index (χ0) is 15.6. The highest BCUT2D eigenvalue weighted by molar-refractivity contribution is 5.17. The minimum atomic E-state index is 0.231. The molecule has 0 aliphatic heterocycles. The third-order valence-electron chi connectivity index (χ3n) is 3.82. The minimum absolute atomic E-state index is 0.231. The highest BCUT2D eigenvalue weighted by Crippen LogP contribution is 2.15. The SMILES string of the molecule is [C-]#[N+]CC[C@H](CN)N(Cc1ccccc1)Cc1ccccc1. The van der Waals surface area contributed by atoms with Gasteiger partial charge in [0.1, 0.15) is 0 Å². The van der Waals surface area contributed by atoms with Crippen molar-refractivity contribution in [2.75, 3.05) is 13.1 Å². The Kier molecular flexibility index (Phi) is 6.63. The van der Waals surface area contributed by atoms with Gasteiger partial charge in [0, 0.05) is 32.1 Å². The molecule has 0 saturated carbocycles. The van der Waals surface area contributed by atoms with Crippen LogP contribution in [0.3, 0.4) is 0 Å². The zero-order valence-corrected chi connectivity index (χ0v) is 12.9. The first-order valence-electron chi connectivity index (χ1n) is 7.68. The third kappa shape index (κ3) is 5.00. The number of nitrogens with zero attached hydrogens (tertiary/aromatic N) is 2. The summed E-state index contributed by atoms with van der Waals surface area (Å²) in [5, 5.41) is 0. The summed E-state index contributed by atoms with van der Waals surface area (Å²) in [5.41, 5.74) is 8.53. The predicted octanol–water partition coefficient (Wildman–Crippen LogP) is 3.33. The largest absolute Gasteiger partial charge is 0.329 e. The highest BCUT2D eigenvalue weighted by Gasteiger charge is 2.18. The lowest BCUT2D eigenvalue weighted by Crippen LogP contribution is -2.40. The fourth-order valence-electron chi connectivity index (χ4n) is 2.61. The van der Waals surface area contributed by atoms with E-state index in [1.54, 1.807) is 0 Å². The van der Waals surface area contributed by atoms with Crippen molar-refractivity contribution in [3.8, 4) is 0 Å². The topological polar surface area (TPSA) is 33.6 Å². The Morgan fingerprint density at radius 2 is 1.41 bits per heavy atom. The second kappa shape index (κ2) is 8.99. The fraction of sp³-hybridized carbons (Fsp3) is 0.316. The summed E-state index contributed by atoms with van der Waals surface area (Å²) >= 11 is 0. The number of benzene rings is 2. The Bertz CT molecular complexity index is 533. The van der Waals surface area contributed by atoms with E-state index in [2.05, 4.69) is 58.3 Å². The molecule has 2 rings (SSSR count). The van der Waals surface area contributed by atoms with Crippen molar-refractivity contribution < 1.29 is 0 Å². The summed E-state index contributed by atoms with van der Waals surface area (Å²) in [7, 11) is 0.